The second-order valence-corrected chi connectivity index (χ2v) is 12.8. The Kier molecular flexibility index (Phi) is 5.60. The summed E-state index contributed by atoms with van der Waals surface area (Å²) in [7, 11) is 0. The van der Waals surface area contributed by atoms with Gasteiger partial charge >= 0.3 is 0 Å². The summed E-state index contributed by atoms with van der Waals surface area (Å²) in [5.41, 5.74) is 7.44. The zero-order valence-electron chi connectivity index (χ0n) is 26.8. The third-order valence-electron chi connectivity index (χ3n) is 10.1. The van der Waals surface area contributed by atoms with Gasteiger partial charge in [-0.15, -0.1) is 0 Å². The van der Waals surface area contributed by atoms with E-state index in [1.165, 1.54) is 43.4 Å². The minimum absolute atomic E-state index is 0.584. The van der Waals surface area contributed by atoms with Crippen LogP contribution in [0.3, 0.4) is 0 Å². The second-order valence-electron chi connectivity index (χ2n) is 12.8. The normalized spacial score (nSPS) is 12.0. The number of para-hydroxylation sites is 1. The van der Waals surface area contributed by atoms with Gasteiger partial charge in [0, 0.05) is 38.4 Å². The van der Waals surface area contributed by atoms with Crippen molar-refractivity contribution in [3.05, 3.63) is 164 Å². The van der Waals surface area contributed by atoms with Gasteiger partial charge in [-0.25, -0.2) is 4.98 Å². The Labute approximate surface area is 286 Å². The topological polar surface area (TPSA) is 48.5 Å². The van der Waals surface area contributed by atoms with Crippen molar-refractivity contribution in [3.8, 4) is 34.4 Å². The van der Waals surface area contributed by atoms with Crippen molar-refractivity contribution in [1.82, 2.24) is 24.1 Å². The summed E-state index contributed by atoms with van der Waals surface area (Å²) in [6.07, 6.45) is 0. The van der Waals surface area contributed by atoms with Gasteiger partial charge in [-0.2, -0.15) is 9.97 Å². The fourth-order valence-electron chi connectivity index (χ4n) is 8.00. The summed E-state index contributed by atoms with van der Waals surface area (Å²) < 4.78 is 4.62. The molecule has 0 N–H and O–H groups in total. The first-order chi connectivity index (χ1) is 24.8. The highest BCUT2D eigenvalue weighted by molar-refractivity contribution is 6.34. The average molecular weight is 638 g/mol. The van der Waals surface area contributed by atoms with E-state index in [0.717, 1.165) is 38.6 Å². The van der Waals surface area contributed by atoms with Crippen molar-refractivity contribution in [2.24, 2.45) is 0 Å². The highest BCUT2D eigenvalue weighted by atomic mass is 15.2. The van der Waals surface area contributed by atoms with Crippen LogP contribution in [0.4, 0.5) is 0 Å². The van der Waals surface area contributed by atoms with Gasteiger partial charge in [0.15, 0.2) is 11.6 Å². The number of fused-ring (bicyclic) bond motifs is 6. The fourth-order valence-corrected chi connectivity index (χ4v) is 8.00. The monoisotopic (exact) mass is 637 g/mol. The molecule has 0 unspecified atom stereocenters. The van der Waals surface area contributed by atoms with Crippen LogP contribution in [-0.4, -0.2) is 24.1 Å². The molecule has 5 nitrogen and oxygen atoms in total. The first kappa shape index (κ1) is 27.1. The Morgan fingerprint density at radius 2 is 0.800 bits per heavy atom. The van der Waals surface area contributed by atoms with Crippen molar-refractivity contribution in [1.29, 1.82) is 0 Å². The van der Waals surface area contributed by atoms with E-state index in [1.54, 1.807) is 0 Å². The van der Waals surface area contributed by atoms with Gasteiger partial charge in [0.05, 0.1) is 22.1 Å². The number of benzene rings is 8. The van der Waals surface area contributed by atoms with Gasteiger partial charge in [-0.1, -0.05) is 133 Å². The Morgan fingerprint density at radius 1 is 0.320 bits per heavy atom. The number of hydrogen-bond donors (Lipinski definition) is 0. The molecule has 0 amide bonds. The lowest BCUT2D eigenvalue weighted by Gasteiger charge is -2.12. The van der Waals surface area contributed by atoms with E-state index in [1.807, 2.05) is 60.7 Å². The molecule has 3 aromatic heterocycles. The molecule has 11 aromatic rings. The molecular weight excluding hydrogens is 611 g/mol. The zero-order valence-corrected chi connectivity index (χ0v) is 26.8. The smallest absolute Gasteiger partial charge is 0.238 e. The third kappa shape index (κ3) is 3.80. The fraction of sp³-hybridized carbons (Fsp3) is 0. The van der Waals surface area contributed by atoms with E-state index in [9.17, 15) is 0 Å². The third-order valence-corrected chi connectivity index (χ3v) is 10.1. The maximum absolute atomic E-state index is 5.15. The molecule has 0 bridgehead atoms. The van der Waals surface area contributed by atoms with E-state index < -0.39 is 0 Å². The van der Waals surface area contributed by atoms with Crippen LogP contribution < -0.4 is 0 Å². The zero-order chi connectivity index (χ0) is 32.8. The van der Waals surface area contributed by atoms with Crippen molar-refractivity contribution in [3.63, 3.8) is 0 Å². The molecule has 0 aliphatic rings. The highest BCUT2D eigenvalue weighted by Gasteiger charge is 2.22. The molecule has 11 rings (SSSR count). The lowest BCUT2D eigenvalue weighted by atomic mass is 9.95. The predicted molar refractivity (Wildman–Crippen MR) is 206 cm³/mol. The Hall–Kier alpha value is -6.85. The van der Waals surface area contributed by atoms with Gasteiger partial charge in [0.25, 0.3) is 0 Å². The van der Waals surface area contributed by atoms with E-state index in [4.69, 9.17) is 15.0 Å². The summed E-state index contributed by atoms with van der Waals surface area (Å²) in [6, 6.07) is 57.8. The maximum Gasteiger partial charge on any atom is 0.238 e. The molecule has 0 aliphatic heterocycles. The van der Waals surface area contributed by atoms with E-state index in [-0.39, 0.29) is 0 Å². The van der Waals surface area contributed by atoms with Gasteiger partial charge in [-0.05, 0) is 51.9 Å². The Morgan fingerprint density at radius 3 is 1.40 bits per heavy atom. The molecular formula is C45H27N5. The summed E-state index contributed by atoms with van der Waals surface area (Å²) in [5, 5.41) is 10.0. The minimum atomic E-state index is 0.584. The van der Waals surface area contributed by atoms with Crippen LogP contribution in [0, 0.1) is 0 Å². The Balaban J connectivity index is 1.23. The van der Waals surface area contributed by atoms with Gasteiger partial charge < -0.3 is 4.57 Å². The molecule has 0 saturated carbocycles. The molecule has 5 heteroatoms. The van der Waals surface area contributed by atoms with Crippen LogP contribution in [0.25, 0.3) is 99.6 Å². The second kappa shape index (κ2) is 10.3. The lowest BCUT2D eigenvalue weighted by molar-refractivity contribution is 0.953. The molecule has 3 heterocycles. The SMILES string of the molecule is c1ccc(-c2nc(-c3ccccc3)nc(-n3c4ccccc4c4ccc(-n5c6cccc7c8ccccc8c8cccc5c8c76)cc43)n2)cc1. The molecule has 8 aromatic carbocycles. The largest absolute Gasteiger partial charge is 0.309 e. The first-order valence-corrected chi connectivity index (χ1v) is 16.9. The Bertz CT molecular complexity index is 2940. The highest BCUT2D eigenvalue weighted by Crippen LogP contribution is 2.44. The van der Waals surface area contributed by atoms with Crippen LogP contribution >= 0.6 is 0 Å². The van der Waals surface area contributed by atoms with Gasteiger partial charge in [0.2, 0.25) is 5.95 Å². The average Bonchev–Trinajstić information content (AvgIpc) is 3.71. The quantitative estimate of drug-likeness (QED) is 0.180. The van der Waals surface area contributed by atoms with Crippen molar-refractivity contribution >= 4 is 65.2 Å². The molecule has 0 radical (unpaired) electrons. The van der Waals surface area contributed by atoms with Crippen LogP contribution in [0.5, 0.6) is 0 Å². The van der Waals surface area contributed by atoms with Gasteiger partial charge in [-0.3, -0.25) is 4.57 Å². The minimum Gasteiger partial charge on any atom is -0.309 e. The maximum atomic E-state index is 5.15. The van der Waals surface area contributed by atoms with E-state index in [0.29, 0.717) is 17.6 Å². The number of rotatable bonds is 4. The molecule has 0 fully saturated rings. The number of hydrogen-bond acceptors (Lipinski definition) is 3. The molecule has 0 saturated heterocycles. The number of aromatic nitrogens is 5. The predicted octanol–water partition coefficient (Wildman–Crippen LogP) is 11.1. The summed E-state index contributed by atoms with van der Waals surface area (Å²) in [5.74, 6) is 1.86. The van der Waals surface area contributed by atoms with Crippen LogP contribution in [0.1, 0.15) is 0 Å². The summed E-state index contributed by atoms with van der Waals surface area (Å²) in [4.78, 5) is 15.3. The van der Waals surface area contributed by atoms with Crippen molar-refractivity contribution in [2.75, 3.05) is 0 Å². The summed E-state index contributed by atoms with van der Waals surface area (Å²) >= 11 is 0. The van der Waals surface area contributed by atoms with Crippen molar-refractivity contribution < 1.29 is 0 Å². The molecule has 50 heavy (non-hydrogen) atoms. The van der Waals surface area contributed by atoms with Crippen LogP contribution in [0.2, 0.25) is 0 Å². The van der Waals surface area contributed by atoms with Crippen molar-refractivity contribution in [2.45, 2.75) is 0 Å². The van der Waals surface area contributed by atoms with Gasteiger partial charge in [0.1, 0.15) is 0 Å². The summed E-state index contributed by atoms with van der Waals surface area (Å²) in [6.45, 7) is 0. The molecule has 0 spiro atoms. The first-order valence-electron chi connectivity index (χ1n) is 16.9. The lowest BCUT2D eigenvalue weighted by Crippen LogP contribution is -2.06. The molecule has 232 valence electrons. The van der Waals surface area contributed by atoms with E-state index >= 15 is 0 Å². The molecule has 0 atom stereocenters. The van der Waals surface area contributed by atoms with E-state index in [2.05, 4.69) is 112 Å². The molecule has 0 aliphatic carbocycles. The standard InChI is InChI=1S/C45H27N5/c1-3-13-28(14-4-1)43-46-44(29-15-5-2-6-16-29)48-45(47-43)50-37-22-10-9-19-33(37)34-26-25-30(27-40(34)50)49-38-23-11-20-35-31-17-7-8-18-32(31)36-21-12-24-39(49)42(36)41(35)38/h1-27H. The van der Waals surface area contributed by atoms with Crippen LogP contribution in [0.15, 0.2) is 164 Å². The number of nitrogens with zero attached hydrogens (tertiary/aromatic N) is 5. The van der Waals surface area contributed by atoms with Crippen LogP contribution in [-0.2, 0) is 0 Å².